The van der Waals surface area contributed by atoms with Crippen LogP contribution in [-0.2, 0) is 46.9 Å². The van der Waals surface area contributed by atoms with Crippen molar-refractivity contribution in [3.63, 3.8) is 0 Å². The maximum Gasteiger partial charge on any atom is 0.274 e. The number of fused-ring (bicyclic) bond motifs is 1. The van der Waals surface area contributed by atoms with Crippen molar-refractivity contribution >= 4 is 40.4 Å². The minimum Gasteiger partial charge on any atom is -0.493 e. The van der Waals surface area contributed by atoms with Crippen molar-refractivity contribution in [2.75, 3.05) is 49.7 Å². The number of halogens is 2. The van der Waals surface area contributed by atoms with Gasteiger partial charge < -0.3 is 33.9 Å². The topological polar surface area (TPSA) is 178 Å². The second-order valence-electron chi connectivity index (χ2n) is 49.8. The Hall–Kier alpha value is -10.8. The third kappa shape index (κ3) is 49.4. The molecule has 17 heteroatoms. The highest BCUT2D eigenvalue weighted by Gasteiger charge is 2.46. The molecule has 3 aliphatic carbocycles. The molecule has 4 unspecified atom stereocenters. The van der Waals surface area contributed by atoms with Crippen molar-refractivity contribution in [3.05, 3.63) is 319 Å². The zero-order chi connectivity index (χ0) is 107. The lowest BCUT2D eigenvalue weighted by atomic mass is 9.76. The van der Waals surface area contributed by atoms with Crippen LogP contribution in [-0.4, -0.2) is 71.5 Å². The second-order valence-corrected chi connectivity index (χ2v) is 51.6. The zero-order valence-corrected chi connectivity index (χ0v) is 95.5. The van der Waals surface area contributed by atoms with E-state index >= 15 is 0 Å². The third-order valence-electron chi connectivity index (χ3n) is 24.3. The SMILES string of the molecule is CC(C)(C)C1CC1c1ccc(F)cc1.CC(C)(C)C1CCCN(c2cnccn2)C1.CC(C)(C)COCc1ccccc1Cl.CC(C)(C)COc1ccc2c(c1)CCC2.CC(C)(C)COc1cccc(C#N)c1.CC(C)(C)c1ccc(NC(=O)c2ccccn2)cc1.CC(C)(C)c1ccc(OCC2CC2)cc1.CC(Oc1ccc(C#N)cc1)C(C)(C)C.Cc1ccc(CC(C)(C)C)s1.Cc1cccc(C(C)(C)C)n1. The first-order valence-corrected chi connectivity index (χ1v) is 52.9. The molecule has 1 saturated heterocycles. The normalized spacial score (nSPS) is 15.1. The Bertz CT molecular complexity index is 5660. The van der Waals surface area contributed by atoms with Gasteiger partial charge in [0.05, 0.1) is 62.5 Å². The molecule has 1 amide bonds. The predicted molar refractivity (Wildman–Crippen MR) is 604 cm³/mol. The Morgan fingerprint density at radius 1 is 0.528 bits per heavy atom. The summed E-state index contributed by atoms with van der Waals surface area (Å²) in [7, 11) is 0. The van der Waals surface area contributed by atoms with Crippen molar-refractivity contribution in [2.45, 2.75) is 321 Å². The molecule has 4 aromatic heterocycles. The molecule has 2 saturated carbocycles. The summed E-state index contributed by atoms with van der Waals surface area (Å²) in [6, 6.07) is 72.2. The number of anilines is 2. The summed E-state index contributed by atoms with van der Waals surface area (Å²) in [6.45, 7) is 78.3. The largest absolute Gasteiger partial charge is 0.493 e. The lowest BCUT2D eigenvalue weighted by Crippen LogP contribution is -2.41. The first kappa shape index (κ1) is 122. The van der Waals surface area contributed by atoms with Gasteiger partial charge in [-0.1, -0.05) is 298 Å². The molecule has 1 aliphatic heterocycles. The number of nitrogens with zero attached hydrogens (tertiary/aromatic N) is 7. The van der Waals surface area contributed by atoms with Gasteiger partial charge in [-0.25, -0.2) is 9.37 Å². The third-order valence-corrected chi connectivity index (χ3v) is 25.7. The molecular formula is C127H176ClFN8O6S. The van der Waals surface area contributed by atoms with E-state index in [9.17, 15) is 9.18 Å². The van der Waals surface area contributed by atoms with Crippen molar-refractivity contribution < 1.29 is 32.9 Å². The number of hydrogen-bond acceptors (Lipinski definition) is 14. The minimum atomic E-state index is -0.191. The molecule has 0 radical (unpaired) electrons. The number of aromatic nitrogens is 4. The quantitative estimate of drug-likeness (QED) is 0.0911. The molecule has 15 rings (SSSR count). The van der Waals surface area contributed by atoms with Gasteiger partial charge in [0.25, 0.3) is 5.91 Å². The van der Waals surface area contributed by atoms with Crippen molar-refractivity contribution in [1.29, 1.82) is 10.5 Å². The molecule has 0 bridgehead atoms. The van der Waals surface area contributed by atoms with Gasteiger partial charge in [0.15, 0.2) is 0 Å². The number of carbonyl (C=O) groups excluding carboxylic acids is 1. The molecule has 780 valence electrons. The highest BCUT2D eigenvalue weighted by Crippen LogP contribution is 2.57. The van der Waals surface area contributed by atoms with Gasteiger partial charge in [-0.2, -0.15) is 10.5 Å². The van der Waals surface area contributed by atoms with Crippen LogP contribution in [0.25, 0.3) is 0 Å². The fourth-order valence-electron chi connectivity index (χ4n) is 14.9. The predicted octanol–water partition coefficient (Wildman–Crippen LogP) is 34.3. The van der Waals surface area contributed by atoms with E-state index in [2.05, 4.69) is 331 Å². The molecule has 7 aromatic carbocycles. The highest BCUT2D eigenvalue weighted by molar-refractivity contribution is 7.11. The van der Waals surface area contributed by atoms with Gasteiger partial charge in [-0.05, 0) is 318 Å². The Kier molecular flexibility index (Phi) is 47.6. The van der Waals surface area contributed by atoms with Crippen LogP contribution in [0, 0.1) is 98.0 Å². The van der Waals surface area contributed by atoms with Crippen LogP contribution in [0.2, 0.25) is 5.02 Å². The van der Waals surface area contributed by atoms with Crippen molar-refractivity contribution in [1.82, 2.24) is 19.9 Å². The number of aryl methyl sites for hydroxylation is 4. The number of carbonyl (C=O) groups is 1. The van der Waals surface area contributed by atoms with Crippen LogP contribution in [0.1, 0.15) is 335 Å². The molecule has 144 heavy (non-hydrogen) atoms. The van der Waals surface area contributed by atoms with E-state index in [0.29, 0.717) is 52.2 Å². The van der Waals surface area contributed by atoms with E-state index in [-0.39, 0.29) is 55.7 Å². The molecular weight excluding hydrogens is 1820 g/mol. The number of ether oxygens (including phenoxy) is 5. The van der Waals surface area contributed by atoms with Gasteiger partial charge in [0.2, 0.25) is 0 Å². The first-order valence-electron chi connectivity index (χ1n) is 51.7. The number of benzene rings is 7. The highest BCUT2D eigenvalue weighted by atomic mass is 35.5. The number of pyridine rings is 2. The maximum atomic E-state index is 12.7. The van der Waals surface area contributed by atoms with Crippen LogP contribution in [0.15, 0.2) is 237 Å². The Labute approximate surface area is 878 Å². The Morgan fingerprint density at radius 2 is 1.10 bits per heavy atom. The molecule has 11 aromatic rings. The summed E-state index contributed by atoms with van der Waals surface area (Å²) in [5, 5.41) is 20.9. The summed E-state index contributed by atoms with van der Waals surface area (Å²) < 4.78 is 41.1. The summed E-state index contributed by atoms with van der Waals surface area (Å²) in [5.74, 6) is 7.33. The van der Waals surface area contributed by atoms with E-state index in [1.165, 1.54) is 95.4 Å². The van der Waals surface area contributed by atoms with Crippen molar-refractivity contribution in [2.24, 2.45) is 55.7 Å². The summed E-state index contributed by atoms with van der Waals surface area (Å²) in [5.41, 5.74) is 15.1. The van der Waals surface area contributed by atoms with Crippen LogP contribution in [0.5, 0.6) is 23.0 Å². The number of thiophene rings is 1. The van der Waals surface area contributed by atoms with Crippen LogP contribution < -0.4 is 29.2 Å². The number of nitriles is 2. The molecule has 1 N–H and O–H groups in total. The van der Waals surface area contributed by atoms with Crippen molar-refractivity contribution in [3.8, 4) is 35.1 Å². The van der Waals surface area contributed by atoms with E-state index in [1.54, 1.807) is 73.2 Å². The standard InChI is InChI=1S/C16H18N2O.2C14H20O.C13H17F.C13H21N3.C13H17NO.C12H17ClO.C12H15NO.C10H15N.C10H16S/c1-16(2,3)12-7-9-13(10-8-12)18-15(19)14-6-4-5-11-17-14;1-14(2,3)12-6-8-13(9-7-12)15-10-11-4-5-11;1-14(2,3)10-15-13-8-7-11-5-4-6-12(11)9-13;1-13(2,3)12-8-11(12)9-4-6-10(14)7-5-9;1-13(2,3)11-5-4-8-16(10-11)12-9-14-6-7-15-12;1-10(13(2,3)4)15-12-7-5-11(9-14)6-8-12;1-12(2,3)9-14-8-10-6-4-5-7-11(10)13;1-12(2,3)9-14-11-6-4-5-10(7-11)8-13;1-8-6-5-7-9(11-8)10(2,3)4;1-8-5-6-9(11-8)7-10(2,3)4/h4-11H,1-3H3,(H,18,19);6-9,11H,4-5,10H2,1-3H3;7-9H,4-6,10H2,1-3H3;4-7,11-12H,8H2,1-3H3;6-7,9,11H,4-5,8,10H2,1-3H3;5-8,10H,1-4H3;4-7H,8-9H2,1-3H3;4-7H,9H2,1-3H3;5-7H,1-4H3;5-6H,7H2,1-4H3. The average molecular weight is 2000 g/mol. The number of amides is 1. The second kappa shape index (κ2) is 56.2. The zero-order valence-electron chi connectivity index (χ0n) is 94.0. The molecule has 5 heterocycles. The molecule has 3 fully saturated rings. The monoisotopic (exact) mass is 2000 g/mol. The van der Waals surface area contributed by atoms with E-state index < -0.39 is 0 Å². The fraction of sp³-hybridized carbons (Fsp3) is 0.504. The first-order chi connectivity index (χ1) is 67.0. The minimum absolute atomic E-state index is 0.115. The summed E-state index contributed by atoms with van der Waals surface area (Å²) >= 11 is 7.91. The Morgan fingerprint density at radius 3 is 1.59 bits per heavy atom. The van der Waals surface area contributed by atoms with Crippen LogP contribution in [0.3, 0.4) is 0 Å². The maximum absolute atomic E-state index is 12.7. The van der Waals surface area contributed by atoms with E-state index in [0.717, 1.165) is 107 Å². The van der Waals surface area contributed by atoms with Gasteiger partial charge in [0.1, 0.15) is 46.4 Å². The summed E-state index contributed by atoms with van der Waals surface area (Å²) in [4.78, 5) is 34.2. The van der Waals surface area contributed by atoms with Gasteiger partial charge in [-0.3, -0.25) is 19.7 Å². The summed E-state index contributed by atoms with van der Waals surface area (Å²) in [6.07, 6.45) is 18.6. The number of hydrogen-bond donors (Lipinski definition) is 1. The molecule has 0 spiro atoms. The molecule has 4 atom stereocenters. The van der Waals surface area contributed by atoms with Crippen LogP contribution >= 0.6 is 22.9 Å². The lowest BCUT2D eigenvalue weighted by Gasteiger charge is -2.40. The van der Waals surface area contributed by atoms with E-state index in [1.807, 2.05) is 115 Å². The van der Waals surface area contributed by atoms with Gasteiger partial charge >= 0.3 is 0 Å². The van der Waals surface area contributed by atoms with E-state index in [4.69, 9.17) is 45.8 Å². The molecule has 14 nitrogen and oxygen atoms in total. The number of rotatable bonds is 17. The Balaban J connectivity index is 0.000000245. The average Bonchev–Trinajstić information content (AvgIpc) is 1.62. The van der Waals surface area contributed by atoms with Gasteiger partial charge in [0, 0.05) is 68.9 Å². The number of piperidine rings is 1. The lowest BCUT2D eigenvalue weighted by molar-refractivity contribution is 0.0599. The fourth-order valence-corrected chi connectivity index (χ4v) is 16.3. The number of nitrogens with one attached hydrogen (secondary N) is 1. The van der Waals surface area contributed by atoms with Gasteiger partial charge in [-0.15, -0.1) is 11.3 Å². The molecule has 4 aliphatic rings. The smallest absolute Gasteiger partial charge is 0.274 e. The van der Waals surface area contributed by atoms with Crippen LogP contribution in [0.4, 0.5) is 15.9 Å².